The molecule has 0 saturated heterocycles. The fraction of sp³-hybridized carbons (Fsp3) is 0.500. The topological polar surface area (TPSA) is 89.3 Å². The summed E-state index contributed by atoms with van der Waals surface area (Å²) >= 11 is 0. The fourth-order valence-corrected chi connectivity index (χ4v) is 0.995. The van der Waals surface area contributed by atoms with Gasteiger partial charge in [0.1, 0.15) is 0 Å². The van der Waals surface area contributed by atoms with Gasteiger partial charge in [0.25, 0.3) is 5.91 Å². The van der Waals surface area contributed by atoms with Crippen molar-refractivity contribution < 1.29 is 13.2 Å². The summed E-state index contributed by atoms with van der Waals surface area (Å²) in [6, 6.07) is -0.968. The molecule has 0 aromatic heterocycles. The van der Waals surface area contributed by atoms with Crippen LogP contribution >= 0.6 is 12.4 Å². The number of hydrogen-bond donors (Lipinski definition) is 2. The van der Waals surface area contributed by atoms with Gasteiger partial charge in [-0.1, -0.05) is 0 Å². The molecule has 0 radical (unpaired) electrons. The van der Waals surface area contributed by atoms with Crippen LogP contribution in [0.25, 0.3) is 0 Å². The van der Waals surface area contributed by atoms with Crippen molar-refractivity contribution in [1.82, 2.24) is 4.72 Å². The number of carbonyl (C=O) groups is 1. The van der Waals surface area contributed by atoms with Crippen LogP contribution in [0.3, 0.4) is 0 Å². The Labute approximate surface area is 83.5 Å². The normalized spacial score (nSPS) is 12.1. The first-order valence-corrected chi connectivity index (χ1v) is 4.96. The van der Waals surface area contributed by atoms with Crippen molar-refractivity contribution in [1.29, 1.82) is 0 Å². The molecule has 1 unspecified atom stereocenters. The van der Waals surface area contributed by atoms with Gasteiger partial charge in [-0.2, -0.15) is 0 Å². The third kappa shape index (κ3) is 7.59. The molecule has 0 aliphatic heterocycles. The lowest BCUT2D eigenvalue weighted by molar-refractivity contribution is -0.120. The van der Waals surface area contributed by atoms with Gasteiger partial charge in [-0.25, -0.2) is 8.42 Å². The molecular weight excluding hydrogens is 216 g/mol. The summed E-state index contributed by atoms with van der Waals surface area (Å²) in [5.74, 6) is 1.37. The molecule has 1 atom stereocenters. The van der Waals surface area contributed by atoms with Crippen molar-refractivity contribution >= 4 is 28.3 Å². The molecule has 7 heteroatoms. The molecule has 5 nitrogen and oxygen atoms in total. The molecule has 0 rings (SSSR count). The molecule has 0 spiro atoms. The Kier molecular flexibility index (Phi) is 6.58. The van der Waals surface area contributed by atoms with Gasteiger partial charge in [0, 0.05) is 6.42 Å². The van der Waals surface area contributed by atoms with Crippen LogP contribution < -0.4 is 10.5 Å². The molecule has 1 amide bonds. The van der Waals surface area contributed by atoms with E-state index in [-0.39, 0.29) is 18.8 Å². The van der Waals surface area contributed by atoms with Crippen LogP contribution in [0.4, 0.5) is 0 Å². The van der Waals surface area contributed by atoms with Gasteiger partial charge < -0.3 is 5.73 Å². The first-order valence-electron chi connectivity index (χ1n) is 3.07. The molecule has 0 heterocycles. The Morgan fingerprint density at radius 1 is 1.69 bits per heavy atom. The standard InChI is InChI=1S/C6H10N2O3S.ClH/c1-3-4-5(7)6(9)8-12(2,10)11;/h1,5H,4,7H2,2H3,(H,8,9);1H. The Balaban J connectivity index is 0. The highest BCUT2D eigenvalue weighted by molar-refractivity contribution is 7.89. The number of hydrogen-bond acceptors (Lipinski definition) is 4. The summed E-state index contributed by atoms with van der Waals surface area (Å²) < 4.78 is 22.7. The molecule has 0 aliphatic carbocycles. The molecule has 0 aromatic carbocycles. The number of halogens is 1. The zero-order chi connectivity index (χ0) is 9.78. The minimum absolute atomic E-state index is 0. The third-order valence-corrected chi connectivity index (χ3v) is 1.53. The van der Waals surface area contributed by atoms with Crippen LogP contribution in [-0.4, -0.2) is 26.6 Å². The van der Waals surface area contributed by atoms with Gasteiger partial charge in [0.15, 0.2) is 0 Å². The lowest BCUT2D eigenvalue weighted by Crippen LogP contribution is -2.42. The number of amides is 1. The summed E-state index contributed by atoms with van der Waals surface area (Å²) in [5.41, 5.74) is 5.22. The number of carbonyl (C=O) groups excluding carboxylic acids is 1. The Bertz CT molecular complexity index is 306. The van der Waals surface area contributed by atoms with Crippen molar-refractivity contribution in [2.75, 3.05) is 6.26 Å². The maximum atomic E-state index is 10.8. The molecule has 0 saturated carbocycles. The van der Waals surface area contributed by atoms with E-state index in [1.807, 2.05) is 0 Å². The van der Waals surface area contributed by atoms with E-state index in [0.717, 1.165) is 6.26 Å². The first-order chi connectivity index (χ1) is 5.37. The molecule has 3 N–H and O–H groups in total. The monoisotopic (exact) mass is 226 g/mol. The Morgan fingerprint density at radius 3 is 2.46 bits per heavy atom. The Morgan fingerprint density at radius 2 is 2.15 bits per heavy atom. The van der Waals surface area contributed by atoms with Gasteiger partial charge in [-0.15, -0.1) is 24.8 Å². The van der Waals surface area contributed by atoms with E-state index >= 15 is 0 Å². The zero-order valence-electron chi connectivity index (χ0n) is 6.98. The highest BCUT2D eigenvalue weighted by Gasteiger charge is 2.15. The SMILES string of the molecule is C#CCC(N)C(=O)NS(C)(=O)=O.Cl. The second-order valence-electron chi connectivity index (χ2n) is 2.25. The van der Waals surface area contributed by atoms with Gasteiger partial charge in [0.05, 0.1) is 12.3 Å². The smallest absolute Gasteiger partial charge is 0.251 e. The molecule has 0 aliphatic rings. The van der Waals surface area contributed by atoms with Crippen LogP contribution in [-0.2, 0) is 14.8 Å². The molecule has 0 fully saturated rings. The van der Waals surface area contributed by atoms with E-state index < -0.39 is 22.0 Å². The van der Waals surface area contributed by atoms with E-state index in [1.54, 1.807) is 4.72 Å². The number of nitrogens with two attached hydrogens (primary N) is 1. The Hall–Kier alpha value is -0.770. The average molecular weight is 227 g/mol. The van der Waals surface area contributed by atoms with E-state index in [1.165, 1.54) is 0 Å². The van der Waals surface area contributed by atoms with Gasteiger partial charge in [0.2, 0.25) is 10.0 Å². The van der Waals surface area contributed by atoms with Gasteiger partial charge in [-0.3, -0.25) is 9.52 Å². The molecule has 0 bridgehead atoms. The number of nitrogens with one attached hydrogen (secondary N) is 1. The first kappa shape index (κ1) is 14.7. The number of rotatable bonds is 3. The molecule has 13 heavy (non-hydrogen) atoms. The maximum Gasteiger partial charge on any atom is 0.251 e. The largest absolute Gasteiger partial charge is 0.319 e. The summed E-state index contributed by atoms with van der Waals surface area (Å²) in [7, 11) is -3.53. The zero-order valence-corrected chi connectivity index (χ0v) is 8.61. The predicted molar refractivity (Wildman–Crippen MR) is 51.7 cm³/mol. The van der Waals surface area contributed by atoms with Crippen molar-refractivity contribution in [2.45, 2.75) is 12.5 Å². The summed E-state index contributed by atoms with van der Waals surface area (Å²) in [5, 5.41) is 0. The molecular formula is C6H11ClN2O3S. The number of sulfonamides is 1. The van der Waals surface area contributed by atoms with Crippen LogP contribution in [0.1, 0.15) is 6.42 Å². The van der Waals surface area contributed by atoms with Crippen LogP contribution in [0.2, 0.25) is 0 Å². The minimum Gasteiger partial charge on any atom is -0.319 e. The van der Waals surface area contributed by atoms with Crippen LogP contribution in [0.5, 0.6) is 0 Å². The van der Waals surface area contributed by atoms with E-state index in [0.29, 0.717) is 0 Å². The van der Waals surface area contributed by atoms with Crippen molar-refractivity contribution in [3.63, 3.8) is 0 Å². The lowest BCUT2D eigenvalue weighted by Gasteiger charge is -2.06. The van der Waals surface area contributed by atoms with E-state index in [4.69, 9.17) is 12.2 Å². The highest BCUT2D eigenvalue weighted by atomic mass is 35.5. The van der Waals surface area contributed by atoms with Crippen LogP contribution in [0, 0.1) is 12.3 Å². The van der Waals surface area contributed by atoms with Crippen molar-refractivity contribution in [3.05, 3.63) is 0 Å². The maximum absolute atomic E-state index is 10.8. The average Bonchev–Trinajstić information content (AvgIpc) is 1.84. The second kappa shape index (κ2) is 5.80. The molecule has 0 aromatic rings. The van der Waals surface area contributed by atoms with Gasteiger partial charge in [-0.05, 0) is 0 Å². The summed E-state index contributed by atoms with van der Waals surface area (Å²) in [4.78, 5) is 10.8. The van der Waals surface area contributed by atoms with E-state index in [2.05, 4.69) is 5.92 Å². The summed E-state index contributed by atoms with van der Waals surface area (Å²) in [6.07, 6.45) is 5.76. The number of terminal acetylenes is 1. The highest BCUT2D eigenvalue weighted by Crippen LogP contribution is 1.87. The summed E-state index contributed by atoms with van der Waals surface area (Å²) in [6.45, 7) is 0. The van der Waals surface area contributed by atoms with Crippen LogP contribution in [0.15, 0.2) is 0 Å². The van der Waals surface area contributed by atoms with Crippen molar-refractivity contribution in [3.8, 4) is 12.3 Å². The fourth-order valence-electron chi connectivity index (χ4n) is 0.478. The molecule has 76 valence electrons. The lowest BCUT2D eigenvalue weighted by atomic mass is 10.2. The van der Waals surface area contributed by atoms with E-state index in [9.17, 15) is 13.2 Å². The second-order valence-corrected chi connectivity index (χ2v) is 4.00. The van der Waals surface area contributed by atoms with Crippen molar-refractivity contribution in [2.24, 2.45) is 5.73 Å². The quantitative estimate of drug-likeness (QED) is 0.594. The van der Waals surface area contributed by atoms with Gasteiger partial charge >= 0.3 is 0 Å². The third-order valence-electron chi connectivity index (χ3n) is 0.961. The predicted octanol–water partition coefficient (Wildman–Crippen LogP) is -1.17. The minimum atomic E-state index is -3.53.